The van der Waals surface area contributed by atoms with Gasteiger partial charge >= 0.3 is 0 Å². The normalized spacial score (nSPS) is 16.9. The first-order valence-corrected chi connectivity index (χ1v) is 11.2. The van der Waals surface area contributed by atoms with Crippen LogP contribution in [0.5, 0.6) is 0 Å². The Morgan fingerprint density at radius 2 is 1.70 bits per heavy atom. The average molecular weight is 434 g/mol. The van der Waals surface area contributed by atoms with Crippen LogP contribution in [0.1, 0.15) is 30.6 Å². The number of nitrogens with zero attached hydrogens (tertiary/aromatic N) is 2. The van der Waals surface area contributed by atoms with E-state index in [0.717, 1.165) is 0 Å². The van der Waals surface area contributed by atoms with Crippen LogP contribution in [0.25, 0.3) is 0 Å². The number of hydrogen-bond donors (Lipinski definition) is 1. The van der Waals surface area contributed by atoms with Gasteiger partial charge in [-0.2, -0.15) is 4.31 Å². The topological polar surface area (TPSA) is 86.8 Å². The lowest BCUT2D eigenvalue weighted by Crippen LogP contribution is -2.37. The maximum atomic E-state index is 13.1. The van der Waals surface area contributed by atoms with Gasteiger partial charge in [0.2, 0.25) is 15.9 Å². The molecule has 0 bridgehead atoms. The molecule has 7 nitrogen and oxygen atoms in total. The van der Waals surface area contributed by atoms with Crippen molar-refractivity contribution in [1.82, 2.24) is 9.62 Å². The average Bonchev–Trinajstić information content (AvgIpc) is 3.09. The molecule has 0 spiro atoms. The number of sulfonamides is 1. The van der Waals surface area contributed by atoms with Crippen molar-refractivity contribution in [2.45, 2.75) is 31.2 Å². The van der Waals surface area contributed by atoms with Gasteiger partial charge in [0, 0.05) is 37.3 Å². The number of hydrogen-bond acceptors (Lipinski definition) is 4. The molecule has 1 atom stereocenters. The van der Waals surface area contributed by atoms with E-state index < -0.39 is 16.1 Å². The van der Waals surface area contributed by atoms with E-state index in [2.05, 4.69) is 5.32 Å². The van der Waals surface area contributed by atoms with Gasteiger partial charge in [0.25, 0.3) is 5.91 Å². The second kappa shape index (κ2) is 8.93. The van der Waals surface area contributed by atoms with Crippen LogP contribution in [0.4, 0.5) is 10.1 Å². The number of nitrogens with one attached hydrogen (secondary N) is 1. The molecule has 1 aliphatic heterocycles. The Bertz CT molecular complexity index is 1020. The first-order chi connectivity index (χ1) is 14.3. The largest absolute Gasteiger partial charge is 0.347 e. The predicted octanol–water partition coefficient (Wildman–Crippen LogP) is 2.39. The first-order valence-electron chi connectivity index (χ1n) is 9.73. The minimum atomic E-state index is -3.59. The summed E-state index contributed by atoms with van der Waals surface area (Å²) in [6, 6.07) is 10.9. The van der Waals surface area contributed by atoms with Gasteiger partial charge in [0.05, 0.1) is 10.9 Å². The number of amides is 2. The highest BCUT2D eigenvalue weighted by molar-refractivity contribution is 7.89. The molecule has 1 fully saturated rings. The molecule has 1 aliphatic rings. The Hall–Kier alpha value is -2.78. The highest BCUT2D eigenvalue weighted by Gasteiger charge is 2.32. The molecule has 2 aromatic carbocycles. The molecule has 0 radical (unpaired) electrons. The van der Waals surface area contributed by atoms with E-state index in [-0.39, 0.29) is 35.5 Å². The van der Waals surface area contributed by atoms with Gasteiger partial charge in [-0.3, -0.25) is 9.59 Å². The molecule has 0 saturated carbocycles. The van der Waals surface area contributed by atoms with E-state index in [0.29, 0.717) is 24.3 Å². The van der Waals surface area contributed by atoms with E-state index in [1.54, 1.807) is 13.8 Å². The summed E-state index contributed by atoms with van der Waals surface area (Å²) in [5.41, 5.74) is 0.880. The Morgan fingerprint density at radius 1 is 1.10 bits per heavy atom. The van der Waals surface area contributed by atoms with E-state index in [9.17, 15) is 22.4 Å². The number of carbonyl (C=O) groups is 2. The van der Waals surface area contributed by atoms with Crippen LogP contribution in [0, 0.1) is 5.82 Å². The van der Waals surface area contributed by atoms with Crippen molar-refractivity contribution < 1.29 is 22.4 Å². The van der Waals surface area contributed by atoms with Gasteiger partial charge in [0.15, 0.2) is 0 Å². The lowest BCUT2D eigenvalue weighted by atomic mass is 10.2. The summed E-state index contributed by atoms with van der Waals surface area (Å²) in [6.07, 6.45) is 0.136. The van der Waals surface area contributed by atoms with Crippen LogP contribution in [-0.4, -0.2) is 50.2 Å². The first kappa shape index (κ1) is 21.9. The monoisotopic (exact) mass is 433 g/mol. The summed E-state index contributed by atoms with van der Waals surface area (Å²) in [4.78, 5) is 26.5. The van der Waals surface area contributed by atoms with Crippen molar-refractivity contribution in [1.29, 1.82) is 0 Å². The van der Waals surface area contributed by atoms with E-state index in [4.69, 9.17) is 0 Å². The van der Waals surface area contributed by atoms with E-state index in [1.165, 1.54) is 57.7 Å². The summed E-state index contributed by atoms with van der Waals surface area (Å²) in [5, 5.41) is 2.80. The molecule has 2 amide bonds. The zero-order valence-electron chi connectivity index (χ0n) is 16.8. The summed E-state index contributed by atoms with van der Waals surface area (Å²) in [7, 11) is -3.59. The second-order valence-corrected chi connectivity index (χ2v) is 8.91. The minimum absolute atomic E-state index is 0.126. The number of halogens is 1. The van der Waals surface area contributed by atoms with E-state index in [1.807, 2.05) is 0 Å². The molecular formula is C21H24FN3O4S. The zero-order chi connectivity index (χ0) is 21.9. The van der Waals surface area contributed by atoms with Crippen LogP contribution in [0.3, 0.4) is 0 Å². The number of benzene rings is 2. The maximum Gasteiger partial charge on any atom is 0.251 e. The Kier molecular flexibility index (Phi) is 6.52. The summed E-state index contributed by atoms with van der Waals surface area (Å²) >= 11 is 0. The lowest BCUT2D eigenvalue weighted by molar-refractivity contribution is -0.117. The molecule has 2 aromatic rings. The third-order valence-corrected chi connectivity index (χ3v) is 7.12. The van der Waals surface area contributed by atoms with Crippen LogP contribution in [0.15, 0.2) is 53.4 Å². The van der Waals surface area contributed by atoms with Crippen LogP contribution in [-0.2, 0) is 14.8 Å². The van der Waals surface area contributed by atoms with Gasteiger partial charge in [-0.25, -0.2) is 12.8 Å². The fraction of sp³-hybridized carbons (Fsp3) is 0.333. The van der Waals surface area contributed by atoms with Crippen molar-refractivity contribution in [3.05, 3.63) is 59.9 Å². The quantitative estimate of drug-likeness (QED) is 0.726. The highest BCUT2D eigenvalue weighted by atomic mass is 32.2. The fourth-order valence-corrected chi connectivity index (χ4v) is 4.89. The zero-order valence-corrected chi connectivity index (χ0v) is 17.7. The Balaban J connectivity index is 1.66. The van der Waals surface area contributed by atoms with Crippen molar-refractivity contribution in [2.24, 2.45) is 0 Å². The SMILES string of the molecule is CCN(CC)S(=O)(=O)c1ccc(C(=O)NC2CC(=O)N(c3ccc(F)cc3)C2)cc1. The summed E-state index contributed by atoms with van der Waals surface area (Å²) < 4.78 is 39.5. The van der Waals surface area contributed by atoms with Gasteiger partial charge < -0.3 is 10.2 Å². The van der Waals surface area contributed by atoms with Crippen LogP contribution < -0.4 is 10.2 Å². The molecule has 9 heteroatoms. The van der Waals surface area contributed by atoms with Crippen molar-refractivity contribution in [2.75, 3.05) is 24.5 Å². The molecule has 0 aliphatic carbocycles. The maximum absolute atomic E-state index is 13.1. The lowest BCUT2D eigenvalue weighted by Gasteiger charge is -2.19. The molecule has 160 valence electrons. The smallest absolute Gasteiger partial charge is 0.251 e. The minimum Gasteiger partial charge on any atom is -0.347 e. The highest BCUT2D eigenvalue weighted by Crippen LogP contribution is 2.22. The van der Waals surface area contributed by atoms with Crippen molar-refractivity contribution >= 4 is 27.5 Å². The fourth-order valence-electron chi connectivity index (χ4n) is 3.43. The standard InChI is InChI=1S/C21H24FN3O4S/c1-3-24(4-2)30(28,29)19-11-5-15(6-12-19)21(27)23-17-13-20(26)25(14-17)18-9-7-16(22)8-10-18/h5-12,17H,3-4,13-14H2,1-2H3,(H,23,27). The predicted molar refractivity (Wildman–Crippen MR) is 111 cm³/mol. The molecule has 1 saturated heterocycles. The van der Waals surface area contributed by atoms with Crippen molar-refractivity contribution in [3.63, 3.8) is 0 Å². The van der Waals surface area contributed by atoms with Crippen LogP contribution >= 0.6 is 0 Å². The third kappa shape index (κ3) is 4.52. The molecule has 30 heavy (non-hydrogen) atoms. The summed E-state index contributed by atoms with van der Waals surface area (Å²) in [6.45, 7) is 4.54. The third-order valence-electron chi connectivity index (χ3n) is 5.06. The number of rotatable bonds is 7. The molecular weight excluding hydrogens is 409 g/mol. The molecule has 3 rings (SSSR count). The molecule has 0 aromatic heterocycles. The van der Waals surface area contributed by atoms with Gasteiger partial charge in [0.1, 0.15) is 5.82 Å². The second-order valence-electron chi connectivity index (χ2n) is 6.97. The number of anilines is 1. The van der Waals surface area contributed by atoms with Crippen molar-refractivity contribution in [3.8, 4) is 0 Å². The molecule has 1 heterocycles. The Labute approximate surface area is 175 Å². The Morgan fingerprint density at radius 3 is 2.27 bits per heavy atom. The van der Waals surface area contributed by atoms with Gasteiger partial charge in [-0.15, -0.1) is 0 Å². The van der Waals surface area contributed by atoms with Gasteiger partial charge in [-0.1, -0.05) is 13.8 Å². The molecule has 1 unspecified atom stereocenters. The molecule has 1 N–H and O–H groups in total. The van der Waals surface area contributed by atoms with E-state index >= 15 is 0 Å². The summed E-state index contributed by atoms with van der Waals surface area (Å²) in [5.74, 6) is -0.935. The number of carbonyl (C=O) groups excluding carboxylic acids is 2. The van der Waals surface area contributed by atoms with Gasteiger partial charge in [-0.05, 0) is 48.5 Å². The van der Waals surface area contributed by atoms with Crippen LogP contribution in [0.2, 0.25) is 0 Å².